The molecule has 0 spiro atoms. The van der Waals surface area contributed by atoms with Crippen LogP contribution < -0.4 is 20.4 Å². The standard InChI is InChI=1S/C23H31ClN6S/c1-17-6-5-13-30(16-17)21-14-20(29-11-3-2-4-12-29)26-22(27-21)28-23(31)25-15-18-7-9-19(24)10-8-18/h7-10,14,17H,2-6,11-13,15-16H2,1H3,(H2,25,26,27,28,31)/t17-/m1/s1. The lowest BCUT2D eigenvalue weighted by Gasteiger charge is -2.33. The molecule has 0 bridgehead atoms. The van der Waals surface area contributed by atoms with E-state index in [1.54, 1.807) is 0 Å². The Morgan fingerprint density at radius 3 is 2.42 bits per heavy atom. The van der Waals surface area contributed by atoms with Gasteiger partial charge in [-0.1, -0.05) is 30.7 Å². The number of aromatic nitrogens is 2. The van der Waals surface area contributed by atoms with E-state index >= 15 is 0 Å². The molecule has 2 saturated heterocycles. The lowest BCUT2D eigenvalue weighted by atomic mass is 10.0. The van der Waals surface area contributed by atoms with Gasteiger partial charge in [0.2, 0.25) is 5.95 Å². The summed E-state index contributed by atoms with van der Waals surface area (Å²) in [6, 6.07) is 9.89. The van der Waals surface area contributed by atoms with E-state index in [1.165, 1.54) is 32.1 Å². The quantitative estimate of drug-likeness (QED) is 0.621. The summed E-state index contributed by atoms with van der Waals surface area (Å²) in [6.07, 6.45) is 6.20. The van der Waals surface area contributed by atoms with E-state index in [2.05, 4.69) is 33.4 Å². The molecule has 1 aromatic carbocycles. The van der Waals surface area contributed by atoms with Crippen LogP contribution in [0.5, 0.6) is 0 Å². The van der Waals surface area contributed by atoms with Crippen LogP contribution in [0.4, 0.5) is 17.6 Å². The number of piperidine rings is 2. The summed E-state index contributed by atoms with van der Waals surface area (Å²) in [5.74, 6) is 3.22. The van der Waals surface area contributed by atoms with Crippen molar-refractivity contribution in [2.24, 2.45) is 5.92 Å². The van der Waals surface area contributed by atoms with Crippen LogP contribution >= 0.6 is 23.8 Å². The minimum absolute atomic E-state index is 0.517. The topological polar surface area (TPSA) is 56.3 Å². The highest BCUT2D eigenvalue weighted by atomic mass is 35.5. The average molecular weight is 459 g/mol. The van der Waals surface area contributed by atoms with E-state index in [-0.39, 0.29) is 0 Å². The van der Waals surface area contributed by atoms with Crippen molar-refractivity contribution in [1.82, 2.24) is 15.3 Å². The Morgan fingerprint density at radius 1 is 1.03 bits per heavy atom. The number of benzene rings is 1. The molecule has 166 valence electrons. The van der Waals surface area contributed by atoms with Crippen molar-refractivity contribution in [1.29, 1.82) is 0 Å². The molecule has 2 aromatic rings. The van der Waals surface area contributed by atoms with Gasteiger partial charge < -0.3 is 20.4 Å². The van der Waals surface area contributed by atoms with E-state index in [4.69, 9.17) is 33.8 Å². The molecule has 8 heteroatoms. The lowest BCUT2D eigenvalue weighted by molar-refractivity contribution is 0.444. The second-order valence-corrected chi connectivity index (χ2v) is 9.43. The first-order valence-corrected chi connectivity index (χ1v) is 12.0. The van der Waals surface area contributed by atoms with Gasteiger partial charge >= 0.3 is 0 Å². The number of nitrogens with one attached hydrogen (secondary N) is 2. The molecular formula is C23H31ClN6S. The summed E-state index contributed by atoms with van der Waals surface area (Å²) in [7, 11) is 0. The highest BCUT2D eigenvalue weighted by Crippen LogP contribution is 2.27. The first-order chi connectivity index (χ1) is 15.1. The maximum Gasteiger partial charge on any atom is 0.232 e. The minimum Gasteiger partial charge on any atom is -0.358 e. The second-order valence-electron chi connectivity index (χ2n) is 8.58. The Labute approximate surface area is 195 Å². The molecule has 2 aliphatic rings. The zero-order valence-corrected chi connectivity index (χ0v) is 19.7. The number of anilines is 3. The molecule has 0 radical (unpaired) electrons. The normalized spacial score (nSPS) is 19.2. The average Bonchev–Trinajstić information content (AvgIpc) is 2.79. The van der Waals surface area contributed by atoms with E-state index in [0.29, 0.717) is 23.5 Å². The highest BCUT2D eigenvalue weighted by Gasteiger charge is 2.21. The van der Waals surface area contributed by atoms with Crippen molar-refractivity contribution >= 4 is 46.5 Å². The molecule has 3 heterocycles. The summed E-state index contributed by atoms with van der Waals surface area (Å²) in [6.45, 7) is 7.10. The van der Waals surface area contributed by atoms with Crippen molar-refractivity contribution < 1.29 is 0 Å². The monoisotopic (exact) mass is 458 g/mol. The number of rotatable bonds is 5. The van der Waals surface area contributed by atoms with Gasteiger partial charge in [0, 0.05) is 43.8 Å². The van der Waals surface area contributed by atoms with E-state index in [9.17, 15) is 0 Å². The van der Waals surface area contributed by atoms with Gasteiger partial charge in [-0.2, -0.15) is 9.97 Å². The van der Waals surface area contributed by atoms with E-state index < -0.39 is 0 Å². The second kappa shape index (κ2) is 10.5. The Morgan fingerprint density at radius 2 is 1.71 bits per heavy atom. The van der Waals surface area contributed by atoms with Crippen LogP contribution in [0, 0.1) is 5.92 Å². The molecule has 0 unspecified atom stereocenters. The van der Waals surface area contributed by atoms with Crippen LogP contribution in [0.3, 0.4) is 0 Å². The fraction of sp³-hybridized carbons (Fsp3) is 0.522. The smallest absolute Gasteiger partial charge is 0.232 e. The molecular weight excluding hydrogens is 428 g/mol. The largest absolute Gasteiger partial charge is 0.358 e. The maximum absolute atomic E-state index is 5.97. The van der Waals surface area contributed by atoms with Crippen LogP contribution in [-0.4, -0.2) is 41.3 Å². The molecule has 2 aliphatic heterocycles. The number of nitrogens with zero attached hydrogens (tertiary/aromatic N) is 4. The van der Waals surface area contributed by atoms with Crippen molar-refractivity contribution in [3.8, 4) is 0 Å². The summed E-state index contributed by atoms with van der Waals surface area (Å²) in [5, 5.41) is 7.70. The zero-order chi connectivity index (χ0) is 21.6. The van der Waals surface area contributed by atoms with Gasteiger partial charge in [0.05, 0.1) is 0 Å². The number of hydrogen-bond acceptors (Lipinski definition) is 5. The van der Waals surface area contributed by atoms with Crippen molar-refractivity contribution in [2.45, 2.75) is 45.6 Å². The van der Waals surface area contributed by atoms with Gasteiger partial charge in [-0.25, -0.2) is 0 Å². The fourth-order valence-electron chi connectivity index (χ4n) is 4.25. The minimum atomic E-state index is 0.517. The van der Waals surface area contributed by atoms with Gasteiger partial charge in [-0.15, -0.1) is 0 Å². The molecule has 0 amide bonds. The third-order valence-electron chi connectivity index (χ3n) is 5.95. The molecule has 0 saturated carbocycles. The molecule has 6 nitrogen and oxygen atoms in total. The van der Waals surface area contributed by atoms with E-state index in [0.717, 1.165) is 48.4 Å². The number of thiocarbonyl (C=S) groups is 1. The Kier molecular flexibility index (Phi) is 7.45. The Bertz CT molecular complexity index is 884. The summed E-state index contributed by atoms with van der Waals surface area (Å²) < 4.78 is 0. The van der Waals surface area contributed by atoms with Crippen molar-refractivity contribution in [3.63, 3.8) is 0 Å². The third kappa shape index (κ3) is 6.20. The number of halogens is 1. The molecule has 0 aliphatic carbocycles. The summed E-state index contributed by atoms with van der Waals surface area (Å²) in [5.41, 5.74) is 1.11. The maximum atomic E-state index is 5.97. The van der Waals surface area contributed by atoms with Crippen molar-refractivity contribution in [3.05, 3.63) is 40.9 Å². The predicted octanol–water partition coefficient (Wildman–Crippen LogP) is 4.84. The Balaban J connectivity index is 1.48. The first-order valence-electron chi connectivity index (χ1n) is 11.2. The van der Waals surface area contributed by atoms with E-state index in [1.807, 2.05) is 24.3 Å². The molecule has 2 N–H and O–H groups in total. The SMILES string of the molecule is C[C@@H]1CCCN(c2cc(N3CCCCC3)nc(NC(=S)NCc3ccc(Cl)cc3)n2)C1. The molecule has 31 heavy (non-hydrogen) atoms. The fourth-order valence-corrected chi connectivity index (χ4v) is 4.54. The summed E-state index contributed by atoms with van der Waals surface area (Å²) in [4.78, 5) is 14.4. The van der Waals surface area contributed by atoms with Gasteiger partial charge in [-0.3, -0.25) is 0 Å². The van der Waals surface area contributed by atoms with Gasteiger partial charge in [0.25, 0.3) is 0 Å². The molecule has 1 atom stereocenters. The van der Waals surface area contributed by atoms with Gasteiger partial charge in [0.15, 0.2) is 5.11 Å². The van der Waals surface area contributed by atoms with Crippen LogP contribution in [0.25, 0.3) is 0 Å². The van der Waals surface area contributed by atoms with Crippen LogP contribution in [-0.2, 0) is 6.54 Å². The highest BCUT2D eigenvalue weighted by molar-refractivity contribution is 7.80. The number of hydrogen-bond donors (Lipinski definition) is 2. The predicted molar refractivity (Wildman–Crippen MR) is 133 cm³/mol. The molecule has 4 rings (SSSR count). The lowest BCUT2D eigenvalue weighted by Crippen LogP contribution is -2.36. The van der Waals surface area contributed by atoms with Crippen LogP contribution in [0.2, 0.25) is 5.02 Å². The van der Waals surface area contributed by atoms with Gasteiger partial charge in [0.1, 0.15) is 11.6 Å². The first kappa shape index (κ1) is 22.1. The van der Waals surface area contributed by atoms with Crippen LogP contribution in [0.1, 0.15) is 44.6 Å². The van der Waals surface area contributed by atoms with Gasteiger partial charge in [-0.05, 0) is 67.9 Å². The zero-order valence-electron chi connectivity index (χ0n) is 18.1. The van der Waals surface area contributed by atoms with Crippen LogP contribution in [0.15, 0.2) is 30.3 Å². The Hall–Kier alpha value is -2.12. The molecule has 1 aromatic heterocycles. The third-order valence-corrected chi connectivity index (χ3v) is 6.45. The molecule has 2 fully saturated rings. The van der Waals surface area contributed by atoms with Crippen molar-refractivity contribution in [2.75, 3.05) is 41.3 Å². The summed E-state index contributed by atoms with van der Waals surface area (Å²) >= 11 is 11.5.